The highest BCUT2D eigenvalue weighted by Gasteiger charge is 2.49. The molecule has 2 N–H and O–H groups in total. The van der Waals surface area contributed by atoms with Gasteiger partial charge in [0.25, 0.3) is 0 Å². The third-order valence-corrected chi connectivity index (χ3v) is 3.00. The van der Waals surface area contributed by atoms with Crippen LogP contribution in [0.1, 0.15) is 19.3 Å². The van der Waals surface area contributed by atoms with Crippen molar-refractivity contribution < 1.29 is 9.59 Å². The number of fused-ring (bicyclic) bond motifs is 2. The Kier molecular flexibility index (Phi) is 1.28. The molecule has 2 bridgehead atoms. The van der Waals surface area contributed by atoms with Gasteiger partial charge in [-0.3, -0.25) is 9.59 Å². The first kappa shape index (κ1) is 6.83. The molecule has 2 fully saturated rings. The van der Waals surface area contributed by atoms with E-state index in [9.17, 15) is 9.59 Å². The Morgan fingerprint density at radius 1 is 1.45 bits per heavy atom. The van der Waals surface area contributed by atoms with Gasteiger partial charge in [-0.05, 0) is 18.8 Å². The molecule has 60 valence electrons. The number of nitrogens with two attached hydrogens (primary N) is 1. The lowest BCUT2D eigenvalue weighted by Gasteiger charge is -2.07. The summed E-state index contributed by atoms with van der Waals surface area (Å²) in [5, 5.41) is 0. The van der Waals surface area contributed by atoms with Crippen molar-refractivity contribution in [2.75, 3.05) is 0 Å². The predicted molar refractivity (Wildman–Crippen MR) is 38.5 cm³/mol. The lowest BCUT2D eigenvalue weighted by Crippen LogP contribution is -2.27. The van der Waals surface area contributed by atoms with Crippen molar-refractivity contribution in [3.63, 3.8) is 0 Å². The van der Waals surface area contributed by atoms with Crippen molar-refractivity contribution in [1.82, 2.24) is 0 Å². The van der Waals surface area contributed by atoms with Crippen LogP contribution in [-0.2, 0) is 9.59 Å². The fourth-order valence-corrected chi connectivity index (χ4v) is 2.51. The molecule has 2 saturated carbocycles. The summed E-state index contributed by atoms with van der Waals surface area (Å²) in [4.78, 5) is 22.0. The molecule has 2 aliphatic carbocycles. The minimum absolute atomic E-state index is 0.0162. The Morgan fingerprint density at radius 3 is 2.45 bits per heavy atom. The minimum atomic E-state index is -0.275. The first-order valence-corrected chi connectivity index (χ1v) is 4.02. The van der Waals surface area contributed by atoms with Gasteiger partial charge in [-0.15, -0.1) is 0 Å². The third kappa shape index (κ3) is 0.800. The van der Waals surface area contributed by atoms with Crippen LogP contribution in [0.25, 0.3) is 0 Å². The average molecular weight is 153 g/mol. The molecular weight excluding hydrogens is 142 g/mol. The lowest BCUT2D eigenvalue weighted by atomic mass is 9.97. The number of amides is 1. The largest absolute Gasteiger partial charge is 0.369 e. The summed E-state index contributed by atoms with van der Waals surface area (Å²) in [6.07, 6.45) is 2.50. The second kappa shape index (κ2) is 2.06. The van der Waals surface area contributed by atoms with Gasteiger partial charge in [0.15, 0.2) is 0 Å². The Labute approximate surface area is 64.9 Å². The maximum atomic E-state index is 11.1. The van der Waals surface area contributed by atoms with Crippen molar-refractivity contribution in [3.05, 3.63) is 0 Å². The molecule has 0 radical (unpaired) electrons. The van der Waals surface area contributed by atoms with E-state index in [1.54, 1.807) is 0 Å². The smallest absolute Gasteiger partial charge is 0.221 e. The number of hydrogen-bond acceptors (Lipinski definition) is 2. The average Bonchev–Trinajstić information content (AvgIpc) is 2.41. The highest BCUT2D eigenvalue weighted by atomic mass is 16.1. The van der Waals surface area contributed by atoms with Gasteiger partial charge in [-0.25, -0.2) is 0 Å². The van der Waals surface area contributed by atoms with E-state index in [0.29, 0.717) is 6.42 Å². The topological polar surface area (TPSA) is 60.2 Å². The SMILES string of the molecule is NC(=O)C1C2CCC1C(=O)C2. The number of hydrogen-bond donors (Lipinski definition) is 1. The molecule has 3 unspecified atom stereocenters. The van der Waals surface area contributed by atoms with Crippen LogP contribution >= 0.6 is 0 Å². The van der Waals surface area contributed by atoms with Crippen molar-refractivity contribution in [1.29, 1.82) is 0 Å². The van der Waals surface area contributed by atoms with Crippen LogP contribution in [0.15, 0.2) is 0 Å². The molecule has 0 aromatic carbocycles. The molecule has 3 nitrogen and oxygen atoms in total. The molecule has 3 heteroatoms. The maximum Gasteiger partial charge on any atom is 0.221 e. The lowest BCUT2D eigenvalue weighted by molar-refractivity contribution is -0.127. The van der Waals surface area contributed by atoms with Crippen LogP contribution in [0.4, 0.5) is 0 Å². The van der Waals surface area contributed by atoms with Crippen LogP contribution in [0.3, 0.4) is 0 Å². The van der Waals surface area contributed by atoms with E-state index >= 15 is 0 Å². The summed E-state index contributed by atoms with van der Waals surface area (Å²) in [6, 6.07) is 0. The van der Waals surface area contributed by atoms with Crippen molar-refractivity contribution in [2.45, 2.75) is 19.3 Å². The zero-order valence-corrected chi connectivity index (χ0v) is 6.25. The van der Waals surface area contributed by atoms with Gasteiger partial charge >= 0.3 is 0 Å². The quantitative estimate of drug-likeness (QED) is 0.580. The number of ketones is 1. The number of Topliss-reactive ketones (excluding diaryl/α,β-unsaturated/α-hetero) is 1. The van der Waals surface area contributed by atoms with E-state index in [4.69, 9.17) is 5.73 Å². The molecule has 2 rings (SSSR count). The molecule has 0 saturated heterocycles. The highest BCUT2D eigenvalue weighted by Crippen LogP contribution is 2.46. The molecule has 3 atom stereocenters. The molecule has 2 aliphatic rings. The fourth-order valence-electron chi connectivity index (χ4n) is 2.51. The number of primary amides is 1. The van der Waals surface area contributed by atoms with E-state index in [-0.39, 0.29) is 29.4 Å². The number of carbonyl (C=O) groups is 2. The van der Waals surface area contributed by atoms with Gasteiger partial charge in [0.2, 0.25) is 5.91 Å². The maximum absolute atomic E-state index is 11.1. The normalized spacial score (nSPS) is 41.5. The summed E-state index contributed by atoms with van der Waals surface area (Å²) in [6.45, 7) is 0. The van der Waals surface area contributed by atoms with Gasteiger partial charge in [-0.2, -0.15) is 0 Å². The van der Waals surface area contributed by atoms with Gasteiger partial charge in [0.1, 0.15) is 5.78 Å². The molecule has 0 spiro atoms. The Balaban J connectivity index is 2.25. The fraction of sp³-hybridized carbons (Fsp3) is 0.750. The molecule has 11 heavy (non-hydrogen) atoms. The summed E-state index contributed by atoms with van der Waals surface area (Å²) in [7, 11) is 0. The summed E-state index contributed by atoms with van der Waals surface area (Å²) >= 11 is 0. The Morgan fingerprint density at radius 2 is 2.18 bits per heavy atom. The Bertz CT molecular complexity index is 224. The Hall–Kier alpha value is -0.860. The molecule has 0 aromatic rings. The van der Waals surface area contributed by atoms with Crippen molar-refractivity contribution >= 4 is 11.7 Å². The summed E-state index contributed by atoms with van der Waals surface area (Å²) in [5.41, 5.74) is 5.19. The zero-order chi connectivity index (χ0) is 8.01. The van der Waals surface area contributed by atoms with Crippen molar-refractivity contribution in [3.8, 4) is 0 Å². The standard InChI is InChI=1S/C8H11NO2/c9-8(11)7-4-1-2-5(7)6(10)3-4/h4-5,7H,1-3H2,(H2,9,11). The molecule has 1 amide bonds. The second-order valence-electron chi connectivity index (χ2n) is 3.54. The van der Waals surface area contributed by atoms with E-state index in [1.165, 1.54) is 0 Å². The van der Waals surface area contributed by atoms with Gasteiger partial charge in [0.05, 0.1) is 5.92 Å². The molecule has 0 aromatic heterocycles. The second-order valence-corrected chi connectivity index (χ2v) is 3.54. The monoisotopic (exact) mass is 153 g/mol. The minimum Gasteiger partial charge on any atom is -0.369 e. The summed E-state index contributed by atoms with van der Waals surface area (Å²) < 4.78 is 0. The van der Waals surface area contributed by atoms with E-state index in [0.717, 1.165) is 12.8 Å². The van der Waals surface area contributed by atoms with Gasteiger partial charge in [-0.1, -0.05) is 0 Å². The van der Waals surface area contributed by atoms with Crippen LogP contribution in [0.2, 0.25) is 0 Å². The molecule has 0 heterocycles. The summed E-state index contributed by atoms with van der Waals surface area (Å²) in [5.74, 6) is 0.124. The van der Waals surface area contributed by atoms with Crippen LogP contribution < -0.4 is 5.73 Å². The van der Waals surface area contributed by atoms with Crippen LogP contribution in [-0.4, -0.2) is 11.7 Å². The van der Waals surface area contributed by atoms with E-state index in [1.807, 2.05) is 0 Å². The van der Waals surface area contributed by atoms with E-state index in [2.05, 4.69) is 0 Å². The van der Waals surface area contributed by atoms with Crippen LogP contribution in [0.5, 0.6) is 0 Å². The molecular formula is C8H11NO2. The van der Waals surface area contributed by atoms with Gasteiger partial charge < -0.3 is 5.73 Å². The third-order valence-electron chi connectivity index (χ3n) is 3.00. The number of carbonyl (C=O) groups excluding carboxylic acids is 2. The van der Waals surface area contributed by atoms with Gasteiger partial charge in [0, 0.05) is 12.3 Å². The van der Waals surface area contributed by atoms with Crippen LogP contribution in [0, 0.1) is 17.8 Å². The first-order chi connectivity index (χ1) is 5.20. The predicted octanol–water partition coefficient (Wildman–Crippen LogP) is 0.0869. The van der Waals surface area contributed by atoms with Crippen molar-refractivity contribution in [2.24, 2.45) is 23.5 Å². The van der Waals surface area contributed by atoms with E-state index < -0.39 is 0 Å². The first-order valence-electron chi connectivity index (χ1n) is 4.02. The number of rotatable bonds is 1. The zero-order valence-electron chi connectivity index (χ0n) is 6.25. The highest BCUT2D eigenvalue weighted by molar-refractivity contribution is 5.93. The molecule has 0 aliphatic heterocycles.